The van der Waals surface area contributed by atoms with E-state index in [0.717, 1.165) is 30.7 Å². The normalized spacial score (nSPS) is 24.6. The molecule has 3 rings (SSSR count). The number of aromatic nitrogens is 2. The van der Waals surface area contributed by atoms with Crippen LogP contribution < -0.4 is 10.2 Å². The lowest BCUT2D eigenvalue weighted by Gasteiger charge is -2.33. The highest BCUT2D eigenvalue weighted by Gasteiger charge is 2.30. The van der Waals surface area contributed by atoms with E-state index in [1.54, 1.807) is 0 Å². The van der Waals surface area contributed by atoms with Crippen molar-refractivity contribution in [3.8, 4) is 0 Å². The van der Waals surface area contributed by atoms with Crippen molar-refractivity contribution < 1.29 is 0 Å². The van der Waals surface area contributed by atoms with Gasteiger partial charge in [0.2, 0.25) is 5.95 Å². The third-order valence-corrected chi connectivity index (χ3v) is 4.07. The van der Waals surface area contributed by atoms with Gasteiger partial charge in [-0.15, -0.1) is 0 Å². The molecule has 1 unspecified atom stereocenters. The first-order chi connectivity index (χ1) is 8.78. The van der Waals surface area contributed by atoms with Crippen molar-refractivity contribution in [1.82, 2.24) is 14.9 Å². The standard InChI is InChI=1S/C14H24N4/c1-11-9-18(13-5-6-13)14(16-11)17-7-3-4-12(10-17)8-15-2/h9,12-13,15H,3-8,10H2,1-2H3. The van der Waals surface area contributed by atoms with E-state index in [9.17, 15) is 0 Å². The number of piperidine rings is 1. The maximum atomic E-state index is 4.76. The number of imidazole rings is 1. The molecule has 18 heavy (non-hydrogen) atoms. The molecule has 1 saturated heterocycles. The molecule has 1 atom stereocenters. The fraction of sp³-hybridized carbons (Fsp3) is 0.786. The van der Waals surface area contributed by atoms with Gasteiger partial charge < -0.3 is 14.8 Å². The van der Waals surface area contributed by atoms with Crippen LogP contribution in [0.15, 0.2) is 6.20 Å². The molecule has 4 nitrogen and oxygen atoms in total. The van der Waals surface area contributed by atoms with Crippen LogP contribution in [0.2, 0.25) is 0 Å². The Morgan fingerprint density at radius 2 is 2.22 bits per heavy atom. The first kappa shape index (κ1) is 12.0. The lowest BCUT2D eigenvalue weighted by atomic mass is 9.98. The zero-order valence-corrected chi connectivity index (χ0v) is 11.5. The van der Waals surface area contributed by atoms with E-state index >= 15 is 0 Å². The molecule has 0 amide bonds. The Labute approximate surface area is 109 Å². The molecule has 1 N–H and O–H groups in total. The number of nitrogens with one attached hydrogen (secondary N) is 1. The van der Waals surface area contributed by atoms with E-state index in [2.05, 4.69) is 27.9 Å². The molecule has 2 aliphatic rings. The molecule has 0 radical (unpaired) electrons. The Balaban J connectivity index is 1.76. The molecule has 0 bridgehead atoms. The summed E-state index contributed by atoms with van der Waals surface area (Å²) in [5.41, 5.74) is 1.16. The van der Waals surface area contributed by atoms with Crippen LogP contribution in [0.4, 0.5) is 5.95 Å². The van der Waals surface area contributed by atoms with Crippen LogP contribution in [0.1, 0.15) is 37.4 Å². The number of hydrogen-bond acceptors (Lipinski definition) is 3. The minimum Gasteiger partial charge on any atom is -0.342 e. The Morgan fingerprint density at radius 1 is 1.39 bits per heavy atom. The van der Waals surface area contributed by atoms with E-state index in [0.29, 0.717) is 0 Å². The quantitative estimate of drug-likeness (QED) is 0.884. The van der Waals surface area contributed by atoms with Gasteiger partial charge in [0.15, 0.2) is 0 Å². The van der Waals surface area contributed by atoms with Gasteiger partial charge in [0, 0.05) is 25.3 Å². The predicted molar refractivity (Wildman–Crippen MR) is 74.1 cm³/mol. The average molecular weight is 248 g/mol. The van der Waals surface area contributed by atoms with Crippen LogP contribution in [-0.2, 0) is 0 Å². The second-order valence-corrected chi connectivity index (χ2v) is 5.83. The molecule has 4 heteroatoms. The van der Waals surface area contributed by atoms with Gasteiger partial charge in [-0.3, -0.25) is 0 Å². The van der Waals surface area contributed by atoms with Gasteiger partial charge in [-0.1, -0.05) is 0 Å². The van der Waals surface area contributed by atoms with Crippen LogP contribution in [0.3, 0.4) is 0 Å². The summed E-state index contributed by atoms with van der Waals surface area (Å²) in [6.45, 7) is 5.56. The molecular weight excluding hydrogens is 224 g/mol. The summed E-state index contributed by atoms with van der Waals surface area (Å²) in [6, 6.07) is 0.728. The van der Waals surface area contributed by atoms with Gasteiger partial charge in [-0.2, -0.15) is 0 Å². The summed E-state index contributed by atoms with van der Waals surface area (Å²) >= 11 is 0. The summed E-state index contributed by atoms with van der Waals surface area (Å²) in [5, 5.41) is 3.31. The van der Waals surface area contributed by atoms with Gasteiger partial charge in [0.1, 0.15) is 0 Å². The Kier molecular flexibility index (Phi) is 3.29. The molecule has 1 aliphatic carbocycles. The SMILES string of the molecule is CNCC1CCCN(c2nc(C)cn2C2CC2)C1. The van der Waals surface area contributed by atoms with E-state index < -0.39 is 0 Å². The Bertz CT molecular complexity index is 406. The molecule has 0 aromatic carbocycles. The average Bonchev–Trinajstić information content (AvgIpc) is 3.13. The van der Waals surface area contributed by atoms with Crippen molar-refractivity contribution in [2.24, 2.45) is 5.92 Å². The van der Waals surface area contributed by atoms with E-state index in [-0.39, 0.29) is 0 Å². The number of anilines is 1. The summed E-state index contributed by atoms with van der Waals surface area (Å²) in [7, 11) is 2.05. The van der Waals surface area contributed by atoms with Gasteiger partial charge >= 0.3 is 0 Å². The van der Waals surface area contributed by atoms with Crippen LogP contribution in [0.25, 0.3) is 0 Å². The molecule has 1 aliphatic heterocycles. The van der Waals surface area contributed by atoms with Crippen molar-refractivity contribution in [1.29, 1.82) is 0 Å². The zero-order chi connectivity index (χ0) is 12.5. The predicted octanol–water partition coefficient (Wildman–Crippen LogP) is 1.96. The minimum atomic E-state index is 0.728. The van der Waals surface area contributed by atoms with Crippen LogP contribution >= 0.6 is 0 Å². The second-order valence-electron chi connectivity index (χ2n) is 5.83. The maximum Gasteiger partial charge on any atom is 0.205 e. The fourth-order valence-electron chi connectivity index (χ4n) is 3.06. The summed E-state index contributed by atoms with van der Waals surface area (Å²) in [5.74, 6) is 1.99. The highest BCUT2D eigenvalue weighted by Crippen LogP contribution is 2.38. The smallest absolute Gasteiger partial charge is 0.205 e. The van der Waals surface area contributed by atoms with Crippen LogP contribution in [-0.4, -0.2) is 36.2 Å². The fourth-order valence-corrected chi connectivity index (χ4v) is 3.06. The maximum absolute atomic E-state index is 4.76. The molecule has 100 valence electrons. The molecule has 1 aromatic rings. The third kappa shape index (κ3) is 2.39. The Hall–Kier alpha value is -1.03. The van der Waals surface area contributed by atoms with Crippen LogP contribution in [0.5, 0.6) is 0 Å². The molecule has 1 saturated carbocycles. The lowest BCUT2D eigenvalue weighted by molar-refractivity contribution is 0.396. The lowest BCUT2D eigenvalue weighted by Crippen LogP contribution is -2.40. The monoisotopic (exact) mass is 248 g/mol. The van der Waals surface area contributed by atoms with Crippen molar-refractivity contribution in [2.45, 2.75) is 38.6 Å². The first-order valence-electron chi connectivity index (χ1n) is 7.23. The van der Waals surface area contributed by atoms with E-state index in [4.69, 9.17) is 4.98 Å². The highest BCUT2D eigenvalue weighted by atomic mass is 15.3. The largest absolute Gasteiger partial charge is 0.342 e. The van der Waals surface area contributed by atoms with Crippen molar-refractivity contribution in [2.75, 3.05) is 31.6 Å². The van der Waals surface area contributed by atoms with Gasteiger partial charge in [-0.05, 0) is 52.1 Å². The molecule has 1 aromatic heterocycles. The van der Waals surface area contributed by atoms with Gasteiger partial charge in [-0.25, -0.2) is 4.98 Å². The summed E-state index contributed by atoms with van der Waals surface area (Å²) in [4.78, 5) is 7.26. The van der Waals surface area contributed by atoms with E-state index in [1.807, 2.05) is 7.05 Å². The van der Waals surface area contributed by atoms with Crippen molar-refractivity contribution in [3.05, 3.63) is 11.9 Å². The first-order valence-corrected chi connectivity index (χ1v) is 7.23. The highest BCUT2D eigenvalue weighted by molar-refractivity contribution is 5.35. The third-order valence-electron chi connectivity index (χ3n) is 4.07. The summed E-state index contributed by atoms with van der Waals surface area (Å²) < 4.78 is 2.41. The minimum absolute atomic E-state index is 0.728. The molecular formula is C14H24N4. The van der Waals surface area contributed by atoms with Crippen LogP contribution in [0, 0.1) is 12.8 Å². The number of nitrogens with zero attached hydrogens (tertiary/aromatic N) is 3. The van der Waals surface area contributed by atoms with Crippen molar-refractivity contribution >= 4 is 5.95 Å². The number of rotatable bonds is 4. The van der Waals surface area contributed by atoms with Gasteiger partial charge in [0.25, 0.3) is 0 Å². The number of hydrogen-bond donors (Lipinski definition) is 1. The van der Waals surface area contributed by atoms with Crippen molar-refractivity contribution in [3.63, 3.8) is 0 Å². The second kappa shape index (κ2) is 4.92. The van der Waals surface area contributed by atoms with Gasteiger partial charge in [0.05, 0.1) is 5.69 Å². The molecule has 2 fully saturated rings. The topological polar surface area (TPSA) is 33.1 Å². The molecule has 0 spiro atoms. The van der Waals surface area contributed by atoms with E-state index in [1.165, 1.54) is 38.2 Å². The Morgan fingerprint density at radius 3 is 2.94 bits per heavy atom. The summed E-state index contributed by atoms with van der Waals surface area (Å²) in [6.07, 6.45) is 7.53. The zero-order valence-electron chi connectivity index (χ0n) is 11.5. The molecule has 2 heterocycles. The number of aryl methyl sites for hydroxylation is 1.